The van der Waals surface area contributed by atoms with Crippen molar-refractivity contribution in [3.05, 3.63) is 66.0 Å². The van der Waals surface area contributed by atoms with Crippen LogP contribution in [0.5, 0.6) is 0 Å². The molecule has 3 aromatic rings. The molecule has 0 saturated carbocycles. The highest BCUT2D eigenvalue weighted by molar-refractivity contribution is 5.65. The molecule has 5 heteroatoms. The van der Waals surface area contributed by atoms with Crippen molar-refractivity contribution < 1.29 is 4.57 Å². The zero-order chi connectivity index (χ0) is 17.1. The van der Waals surface area contributed by atoms with E-state index in [1.807, 2.05) is 59.9 Å². The molecule has 0 aliphatic carbocycles. The Kier molecular flexibility index (Phi) is 4.42. The lowest BCUT2D eigenvalue weighted by molar-refractivity contribution is -0.657. The molecular weight excluding hydrogens is 298 g/mol. The van der Waals surface area contributed by atoms with Gasteiger partial charge < -0.3 is 5.32 Å². The van der Waals surface area contributed by atoms with Crippen LogP contribution in [0.4, 0.5) is 23.0 Å². The lowest BCUT2D eigenvalue weighted by Gasteiger charge is -2.10. The third-order valence-corrected chi connectivity index (χ3v) is 3.94. The van der Waals surface area contributed by atoms with Crippen molar-refractivity contribution in [2.75, 3.05) is 5.32 Å². The molecule has 0 aliphatic rings. The van der Waals surface area contributed by atoms with Crippen LogP contribution in [0.25, 0.3) is 0 Å². The monoisotopic (exact) mass is 320 g/mol. The second kappa shape index (κ2) is 6.66. The van der Waals surface area contributed by atoms with Crippen LogP contribution in [0.1, 0.15) is 11.1 Å². The van der Waals surface area contributed by atoms with Gasteiger partial charge in [-0.2, -0.15) is 0 Å². The highest BCUT2D eigenvalue weighted by atomic mass is 15.3. The first-order chi connectivity index (χ1) is 11.5. The van der Waals surface area contributed by atoms with Gasteiger partial charge >= 0.3 is 5.95 Å². The number of aromatic nitrogens is 2. The molecule has 0 spiro atoms. The molecule has 2 aromatic carbocycles. The van der Waals surface area contributed by atoms with E-state index in [0.29, 0.717) is 0 Å². The van der Waals surface area contributed by atoms with Gasteiger partial charge in [0, 0.05) is 16.5 Å². The predicted molar refractivity (Wildman–Crippen MR) is 96.4 cm³/mol. The summed E-state index contributed by atoms with van der Waals surface area (Å²) in [4.78, 5) is 0. The number of azo groups is 1. The lowest BCUT2D eigenvalue weighted by Crippen LogP contribution is -2.25. The standard InChI is InChI=1S/C19H21N5/c1-14-5-6-15(2)18(13-14)20-16-7-9-17(10-8-16)21-22-19-23(3)11-12-24(19)4/h5-13H,1-4H3/p+1. The summed E-state index contributed by atoms with van der Waals surface area (Å²) in [5, 5.41) is 12.1. The van der Waals surface area contributed by atoms with Gasteiger partial charge in [0.25, 0.3) is 0 Å². The van der Waals surface area contributed by atoms with E-state index >= 15 is 0 Å². The molecule has 0 bridgehead atoms. The average molecular weight is 320 g/mol. The normalized spacial score (nSPS) is 11.2. The molecule has 1 N–H and O–H groups in total. The third-order valence-electron chi connectivity index (χ3n) is 3.94. The molecule has 0 aliphatic heterocycles. The number of aryl methyl sites for hydroxylation is 4. The Hall–Kier alpha value is -2.95. The Balaban J connectivity index is 1.75. The van der Waals surface area contributed by atoms with Crippen molar-refractivity contribution in [1.82, 2.24) is 4.57 Å². The van der Waals surface area contributed by atoms with Crippen molar-refractivity contribution in [1.29, 1.82) is 0 Å². The van der Waals surface area contributed by atoms with Gasteiger partial charge in [0.05, 0.1) is 26.5 Å². The van der Waals surface area contributed by atoms with E-state index in [2.05, 4.69) is 47.6 Å². The Labute approximate surface area is 142 Å². The van der Waals surface area contributed by atoms with Crippen molar-refractivity contribution >= 4 is 23.0 Å². The molecular formula is C19H22N5+. The minimum Gasteiger partial charge on any atom is -0.355 e. The van der Waals surface area contributed by atoms with E-state index in [9.17, 15) is 0 Å². The first-order valence-corrected chi connectivity index (χ1v) is 7.90. The summed E-state index contributed by atoms with van der Waals surface area (Å²) in [7, 11) is 3.90. The minimum absolute atomic E-state index is 0.799. The van der Waals surface area contributed by atoms with Crippen molar-refractivity contribution in [2.45, 2.75) is 13.8 Å². The summed E-state index contributed by atoms with van der Waals surface area (Å²) in [6.45, 7) is 4.20. The van der Waals surface area contributed by atoms with Crippen molar-refractivity contribution in [3.8, 4) is 0 Å². The largest absolute Gasteiger partial charge is 0.421 e. The van der Waals surface area contributed by atoms with Gasteiger partial charge in [-0.25, -0.2) is 9.13 Å². The van der Waals surface area contributed by atoms with Gasteiger partial charge in [0.1, 0.15) is 5.69 Å². The molecule has 24 heavy (non-hydrogen) atoms. The Morgan fingerprint density at radius 3 is 2.42 bits per heavy atom. The van der Waals surface area contributed by atoms with E-state index in [-0.39, 0.29) is 0 Å². The second-order valence-corrected chi connectivity index (χ2v) is 6.01. The van der Waals surface area contributed by atoms with Crippen LogP contribution >= 0.6 is 0 Å². The maximum absolute atomic E-state index is 4.31. The van der Waals surface area contributed by atoms with Crippen molar-refractivity contribution in [3.63, 3.8) is 0 Å². The van der Waals surface area contributed by atoms with Gasteiger partial charge in [-0.15, -0.1) is 0 Å². The van der Waals surface area contributed by atoms with E-state index in [1.54, 1.807) is 0 Å². The Bertz CT molecular complexity index is 856. The third kappa shape index (κ3) is 3.51. The fraction of sp³-hybridized carbons (Fsp3) is 0.211. The first kappa shape index (κ1) is 15.9. The first-order valence-electron chi connectivity index (χ1n) is 7.90. The van der Waals surface area contributed by atoms with E-state index in [4.69, 9.17) is 0 Å². The summed E-state index contributed by atoms with van der Waals surface area (Å²) in [5.74, 6) is 0.799. The maximum atomic E-state index is 4.31. The van der Waals surface area contributed by atoms with Crippen LogP contribution in [0.15, 0.2) is 65.1 Å². The van der Waals surface area contributed by atoms with Gasteiger partial charge in [0.2, 0.25) is 0 Å². The van der Waals surface area contributed by atoms with Crippen LogP contribution in [0, 0.1) is 13.8 Å². The number of nitrogens with zero attached hydrogens (tertiary/aromatic N) is 4. The molecule has 1 aromatic heterocycles. The molecule has 0 saturated heterocycles. The average Bonchev–Trinajstić information content (AvgIpc) is 2.89. The predicted octanol–water partition coefficient (Wildman–Crippen LogP) is 4.63. The highest BCUT2D eigenvalue weighted by Gasteiger charge is 2.10. The molecule has 0 fully saturated rings. The Morgan fingerprint density at radius 2 is 1.75 bits per heavy atom. The molecule has 0 amide bonds. The smallest absolute Gasteiger partial charge is 0.355 e. The topological polar surface area (TPSA) is 45.6 Å². The summed E-state index contributed by atoms with van der Waals surface area (Å²) in [6.07, 6.45) is 3.90. The van der Waals surface area contributed by atoms with Crippen LogP contribution < -0.4 is 9.88 Å². The summed E-state index contributed by atoms with van der Waals surface area (Å²) in [6, 6.07) is 14.3. The molecule has 0 atom stereocenters. The Morgan fingerprint density at radius 1 is 1.00 bits per heavy atom. The number of rotatable bonds is 4. The van der Waals surface area contributed by atoms with Gasteiger partial charge in [-0.1, -0.05) is 17.2 Å². The number of imidazole rings is 1. The van der Waals surface area contributed by atoms with Gasteiger partial charge in [-0.05, 0) is 55.3 Å². The molecule has 0 radical (unpaired) electrons. The molecule has 0 unspecified atom stereocenters. The quantitative estimate of drug-likeness (QED) is 0.553. The van der Waals surface area contributed by atoms with E-state index in [1.165, 1.54) is 11.1 Å². The summed E-state index contributed by atoms with van der Waals surface area (Å²) in [5.41, 5.74) is 5.44. The lowest BCUT2D eigenvalue weighted by atomic mass is 10.1. The van der Waals surface area contributed by atoms with Crippen molar-refractivity contribution in [2.24, 2.45) is 24.3 Å². The zero-order valence-electron chi connectivity index (χ0n) is 14.5. The van der Waals surface area contributed by atoms with E-state index in [0.717, 1.165) is 23.0 Å². The minimum atomic E-state index is 0.799. The fourth-order valence-corrected chi connectivity index (χ4v) is 2.46. The molecule has 1 heterocycles. The van der Waals surface area contributed by atoms with Crippen LogP contribution in [0.2, 0.25) is 0 Å². The summed E-state index contributed by atoms with van der Waals surface area (Å²) >= 11 is 0. The second-order valence-electron chi connectivity index (χ2n) is 6.01. The highest BCUT2D eigenvalue weighted by Crippen LogP contribution is 2.24. The van der Waals surface area contributed by atoms with Gasteiger partial charge in [-0.3, -0.25) is 0 Å². The zero-order valence-corrected chi connectivity index (χ0v) is 14.5. The molecule has 3 rings (SSSR count). The molecule has 5 nitrogen and oxygen atoms in total. The number of anilines is 2. The van der Waals surface area contributed by atoms with Gasteiger partial charge in [0.15, 0.2) is 0 Å². The maximum Gasteiger partial charge on any atom is 0.421 e. The van der Waals surface area contributed by atoms with E-state index < -0.39 is 0 Å². The number of nitrogens with one attached hydrogen (secondary N) is 1. The van der Waals surface area contributed by atoms with Crippen LogP contribution in [-0.4, -0.2) is 4.57 Å². The number of hydrogen-bond donors (Lipinski definition) is 1. The SMILES string of the molecule is Cc1ccc(C)c(Nc2ccc(N=Nc3n(C)cc[n+]3C)cc2)c1. The molecule has 122 valence electrons. The summed E-state index contributed by atoms with van der Waals surface area (Å²) < 4.78 is 3.86. The number of benzene rings is 2. The fourth-order valence-electron chi connectivity index (χ4n) is 2.46. The van der Waals surface area contributed by atoms with Crippen LogP contribution in [0.3, 0.4) is 0 Å². The van der Waals surface area contributed by atoms with Crippen LogP contribution in [-0.2, 0) is 14.1 Å². The number of hydrogen-bond acceptors (Lipinski definition) is 3.